The van der Waals surface area contributed by atoms with Gasteiger partial charge in [0.25, 0.3) is 0 Å². The van der Waals surface area contributed by atoms with Gasteiger partial charge in [-0.05, 0) is 0 Å². The number of nitrogens with one attached hydrogen (secondary N) is 2. The summed E-state index contributed by atoms with van der Waals surface area (Å²) in [5, 5.41) is 12.9. The molecule has 0 aliphatic carbocycles. The van der Waals surface area contributed by atoms with Crippen LogP contribution in [0.4, 0.5) is 4.79 Å². The van der Waals surface area contributed by atoms with Gasteiger partial charge in [0.2, 0.25) is 5.91 Å². The molecule has 5 N–H and O–H groups in total. The van der Waals surface area contributed by atoms with E-state index in [9.17, 15) is 22.8 Å². The van der Waals surface area contributed by atoms with Crippen LogP contribution in [0.5, 0.6) is 0 Å². The lowest BCUT2D eigenvalue weighted by Crippen LogP contribution is -2.48. The summed E-state index contributed by atoms with van der Waals surface area (Å²) in [6.45, 7) is 1.33. The van der Waals surface area contributed by atoms with E-state index < -0.39 is 40.2 Å². The maximum Gasteiger partial charge on any atom is 0.326 e. The van der Waals surface area contributed by atoms with Crippen molar-refractivity contribution >= 4 is 27.7 Å². The van der Waals surface area contributed by atoms with Gasteiger partial charge in [0.1, 0.15) is 6.04 Å². The monoisotopic (exact) mass is 295 g/mol. The van der Waals surface area contributed by atoms with Gasteiger partial charge < -0.3 is 21.5 Å². The number of amides is 3. The van der Waals surface area contributed by atoms with E-state index in [1.807, 2.05) is 5.32 Å². The molecular formula is C9H17N3O6S. The third-order valence-corrected chi connectivity index (χ3v) is 3.85. The first-order valence-electron chi connectivity index (χ1n) is 5.44. The van der Waals surface area contributed by atoms with Crippen molar-refractivity contribution in [3.8, 4) is 0 Å². The smallest absolute Gasteiger partial charge is 0.326 e. The van der Waals surface area contributed by atoms with Crippen molar-refractivity contribution in [2.24, 2.45) is 5.73 Å². The van der Waals surface area contributed by atoms with Crippen molar-refractivity contribution in [1.82, 2.24) is 10.6 Å². The minimum Gasteiger partial charge on any atom is -0.480 e. The molecule has 0 aromatic rings. The third kappa shape index (κ3) is 7.97. The van der Waals surface area contributed by atoms with Gasteiger partial charge in [-0.3, -0.25) is 4.79 Å². The summed E-state index contributed by atoms with van der Waals surface area (Å²) in [6, 6.07) is -2.32. The topological polar surface area (TPSA) is 156 Å². The van der Waals surface area contributed by atoms with E-state index >= 15 is 0 Å². The fourth-order valence-corrected chi connectivity index (χ4v) is 1.78. The van der Waals surface area contributed by atoms with Crippen LogP contribution in [0.2, 0.25) is 0 Å². The number of hydrogen-bond donors (Lipinski definition) is 4. The Morgan fingerprint density at radius 3 is 2.32 bits per heavy atom. The molecule has 0 aliphatic rings. The van der Waals surface area contributed by atoms with Crippen molar-refractivity contribution in [3.05, 3.63) is 0 Å². The number of nitrogens with two attached hydrogens (primary N) is 1. The highest BCUT2D eigenvalue weighted by atomic mass is 32.2. The van der Waals surface area contributed by atoms with Gasteiger partial charge in [0, 0.05) is 12.3 Å². The Morgan fingerprint density at radius 2 is 1.89 bits per heavy atom. The molecule has 0 saturated heterocycles. The zero-order chi connectivity index (χ0) is 15.1. The molecule has 110 valence electrons. The largest absolute Gasteiger partial charge is 0.480 e. The van der Waals surface area contributed by atoms with Crippen molar-refractivity contribution in [3.63, 3.8) is 0 Å². The Labute approximate surface area is 110 Å². The van der Waals surface area contributed by atoms with Gasteiger partial charge in [-0.15, -0.1) is 0 Å². The van der Waals surface area contributed by atoms with Gasteiger partial charge in [-0.1, -0.05) is 6.92 Å². The number of hydrogen-bond acceptors (Lipinski definition) is 5. The summed E-state index contributed by atoms with van der Waals surface area (Å²) in [5.41, 5.74) is 4.83. The van der Waals surface area contributed by atoms with E-state index in [0.717, 1.165) is 0 Å². The molecule has 9 nitrogen and oxygen atoms in total. The Bertz CT molecular complexity index is 447. The average molecular weight is 295 g/mol. The summed E-state index contributed by atoms with van der Waals surface area (Å²) in [6.07, 6.45) is -0.546. The Balaban J connectivity index is 4.21. The van der Waals surface area contributed by atoms with Crippen molar-refractivity contribution in [2.45, 2.75) is 19.4 Å². The third-order valence-electron chi connectivity index (χ3n) is 2.15. The normalized spacial score (nSPS) is 12.5. The molecule has 0 spiro atoms. The SMILES string of the molecule is CCS(=O)(=O)CCNC(=O)NC(CC(N)=O)C(=O)O. The summed E-state index contributed by atoms with van der Waals surface area (Å²) in [7, 11) is -3.21. The van der Waals surface area contributed by atoms with E-state index in [0.29, 0.717) is 0 Å². The molecule has 3 amide bonds. The number of carbonyl (C=O) groups excluding carboxylic acids is 2. The van der Waals surface area contributed by atoms with E-state index in [4.69, 9.17) is 10.8 Å². The summed E-state index contributed by atoms with van der Waals surface area (Å²) in [5.74, 6) is -2.57. The van der Waals surface area contributed by atoms with Crippen LogP contribution in [0.15, 0.2) is 0 Å². The molecule has 0 aromatic carbocycles. The van der Waals surface area contributed by atoms with E-state index in [1.54, 1.807) is 0 Å². The number of urea groups is 1. The number of carbonyl (C=O) groups is 3. The summed E-state index contributed by atoms with van der Waals surface area (Å²) < 4.78 is 22.3. The highest BCUT2D eigenvalue weighted by molar-refractivity contribution is 7.91. The van der Waals surface area contributed by atoms with Crippen LogP contribution in [-0.4, -0.2) is 55.5 Å². The minimum absolute atomic E-state index is 0.0459. The quantitative estimate of drug-likeness (QED) is 0.407. The molecule has 19 heavy (non-hydrogen) atoms. The second-order valence-electron chi connectivity index (χ2n) is 3.70. The first-order chi connectivity index (χ1) is 8.68. The van der Waals surface area contributed by atoms with Gasteiger partial charge in [0.05, 0.1) is 12.2 Å². The predicted molar refractivity (Wildman–Crippen MR) is 66.1 cm³/mol. The molecule has 0 radical (unpaired) electrons. The average Bonchev–Trinajstić information content (AvgIpc) is 2.27. The van der Waals surface area contributed by atoms with Crippen LogP contribution < -0.4 is 16.4 Å². The number of aliphatic carboxylic acids is 1. The van der Waals surface area contributed by atoms with Crippen molar-refractivity contribution in [1.29, 1.82) is 0 Å². The van der Waals surface area contributed by atoms with Gasteiger partial charge in [0.15, 0.2) is 9.84 Å². The minimum atomic E-state index is -3.21. The standard InChI is InChI=1S/C9H17N3O6S/c1-2-19(17,18)4-3-11-9(16)12-6(8(14)15)5-7(10)13/h6H,2-5H2,1H3,(H2,10,13)(H,14,15)(H2,11,12,16). The molecule has 1 atom stereocenters. The number of primary amides is 1. The van der Waals surface area contributed by atoms with Crippen LogP contribution in [-0.2, 0) is 19.4 Å². The highest BCUT2D eigenvalue weighted by Crippen LogP contribution is 1.92. The second kappa shape index (κ2) is 7.56. The molecule has 0 saturated carbocycles. The first kappa shape index (κ1) is 17.2. The predicted octanol–water partition coefficient (Wildman–Crippen LogP) is -1.95. The lowest BCUT2D eigenvalue weighted by molar-refractivity contribution is -0.140. The lowest BCUT2D eigenvalue weighted by Gasteiger charge is -2.13. The fourth-order valence-electron chi connectivity index (χ4n) is 1.07. The fraction of sp³-hybridized carbons (Fsp3) is 0.667. The van der Waals surface area contributed by atoms with Gasteiger partial charge in [-0.25, -0.2) is 18.0 Å². The molecule has 1 unspecified atom stereocenters. The zero-order valence-electron chi connectivity index (χ0n) is 10.4. The van der Waals surface area contributed by atoms with E-state index in [1.165, 1.54) is 6.92 Å². The molecule has 0 rings (SSSR count). The molecular weight excluding hydrogens is 278 g/mol. The number of rotatable bonds is 8. The molecule has 0 heterocycles. The Morgan fingerprint density at radius 1 is 1.32 bits per heavy atom. The van der Waals surface area contributed by atoms with Crippen LogP contribution in [0.1, 0.15) is 13.3 Å². The molecule has 0 aliphatic heterocycles. The Hall–Kier alpha value is -1.84. The number of carboxylic acid groups (broad SMARTS) is 1. The van der Waals surface area contributed by atoms with Crippen molar-refractivity contribution < 1.29 is 27.9 Å². The van der Waals surface area contributed by atoms with E-state index in [-0.39, 0.29) is 18.1 Å². The first-order valence-corrected chi connectivity index (χ1v) is 7.26. The maximum absolute atomic E-state index is 11.3. The zero-order valence-corrected chi connectivity index (χ0v) is 11.2. The van der Waals surface area contributed by atoms with Crippen LogP contribution in [0.25, 0.3) is 0 Å². The molecule has 10 heteroatoms. The number of carboxylic acids is 1. The van der Waals surface area contributed by atoms with Crippen molar-refractivity contribution in [2.75, 3.05) is 18.1 Å². The van der Waals surface area contributed by atoms with Crippen LogP contribution >= 0.6 is 0 Å². The Kier molecular flexibility index (Phi) is 6.83. The number of sulfone groups is 1. The van der Waals surface area contributed by atoms with Crippen LogP contribution in [0, 0.1) is 0 Å². The molecule has 0 bridgehead atoms. The van der Waals surface area contributed by atoms with Gasteiger partial charge >= 0.3 is 12.0 Å². The summed E-state index contributed by atoms with van der Waals surface area (Å²) in [4.78, 5) is 32.6. The van der Waals surface area contributed by atoms with Crippen LogP contribution in [0.3, 0.4) is 0 Å². The maximum atomic E-state index is 11.3. The highest BCUT2D eigenvalue weighted by Gasteiger charge is 2.22. The summed E-state index contributed by atoms with van der Waals surface area (Å²) >= 11 is 0. The van der Waals surface area contributed by atoms with E-state index in [2.05, 4.69) is 5.32 Å². The lowest BCUT2D eigenvalue weighted by atomic mass is 10.2. The molecule has 0 aromatic heterocycles. The van der Waals surface area contributed by atoms with Gasteiger partial charge in [-0.2, -0.15) is 0 Å². The molecule has 0 fully saturated rings. The second-order valence-corrected chi connectivity index (χ2v) is 6.17.